The lowest BCUT2D eigenvalue weighted by molar-refractivity contribution is -0.121. The zero-order valence-corrected chi connectivity index (χ0v) is 12.5. The van der Waals surface area contributed by atoms with Gasteiger partial charge in [-0.15, -0.1) is 0 Å². The van der Waals surface area contributed by atoms with Crippen molar-refractivity contribution in [1.29, 1.82) is 0 Å². The number of aryl methyl sites for hydroxylation is 1. The van der Waals surface area contributed by atoms with Crippen molar-refractivity contribution in [1.82, 2.24) is 0 Å². The van der Waals surface area contributed by atoms with Gasteiger partial charge in [0.15, 0.2) is 11.8 Å². The van der Waals surface area contributed by atoms with E-state index < -0.39 is 5.97 Å². The summed E-state index contributed by atoms with van der Waals surface area (Å²) in [5.74, 6) is -0.972. The summed E-state index contributed by atoms with van der Waals surface area (Å²) in [6.45, 7) is 0.297. The van der Waals surface area contributed by atoms with Gasteiger partial charge >= 0.3 is 5.97 Å². The van der Waals surface area contributed by atoms with Crippen molar-refractivity contribution < 1.29 is 18.7 Å². The van der Waals surface area contributed by atoms with E-state index in [1.165, 1.54) is 12.1 Å². The van der Waals surface area contributed by atoms with Gasteiger partial charge in [0.05, 0.1) is 0 Å². The summed E-state index contributed by atoms with van der Waals surface area (Å²) in [7, 11) is 0. The molecule has 0 saturated carbocycles. The Hall–Kier alpha value is -2.27. The topological polar surface area (TPSA) is 59.8 Å². The molecule has 0 aliphatic carbocycles. The minimum absolute atomic E-state index is 0.0168. The van der Waals surface area contributed by atoms with E-state index in [0.29, 0.717) is 6.54 Å². The number of fused-ring (bicyclic) bond motifs is 1. The number of anilines is 1. The molecule has 1 aromatic heterocycles. The SMILES string of the molecule is O=C(OCC(=O)N1CCCc2ccccc21)c1ccc(Cl)o1. The lowest BCUT2D eigenvalue weighted by atomic mass is 10.0. The molecule has 0 atom stereocenters. The minimum Gasteiger partial charge on any atom is -0.450 e. The van der Waals surface area contributed by atoms with Gasteiger partial charge in [-0.05, 0) is 48.2 Å². The molecule has 6 heteroatoms. The average Bonchev–Trinajstić information content (AvgIpc) is 2.98. The Morgan fingerprint density at radius 3 is 2.82 bits per heavy atom. The molecule has 2 heterocycles. The van der Waals surface area contributed by atoms with Gasteiger partial charge in [0.25, 0.3) is 5.91 Å². The van der Waals surface area contributed by atoms with Crippen molar-refractivity contribution in [3.8, 4) is 0 Å². The van der Waals surface area contributed by atoms with Gasteiger partial charge in [-0.2, -0.15) is 0 Å². The van der Waals surface area contributed by atoms with Crippen molar-refractivity contribution in [2.75, 3.05) is 18.1 Å². The van der Waals surface area contributed by atoms with Crippen LogP contribution < -0.4 is 4.90 Å². The van der Waals surface area contributed by atoms with E-state index in [9.17, 15) is 9.59 Å². The number of nitrogens with zero attached hydrogens (tertiary/aromatic N) is 1. The molecular weight excluding hydrogens is 306 g/mol. The number of rotatable bonds is 3. The van der Waals surface area contributed by atoms with Crippen molar-refractivity contribution in [2.24, 2.45) is 0 Å². The van der Waals surface area contributed by atoms with E-state index in [4.69, 9.17) is 20.8 Å². The van der Waals surface area contributed by atoms with Crippen LogP contribution in [0, 0.1) is 0 Å². The van der Waals surface area contributed by atoms with E-state index >= 15 is 0 Å². The average molecular weight is 320 g/mol. The maximum Gasteiger partial charge on any atom is 0.374 e. The first-order chi connectivity index (χ1) is 10.6. The van der Waals surface area contributed by atoms with Crippen molar-refractivity contribution in [3.63, 3.8) is 0 Å². The number of hydrogen-bond donors (Lipinski definition) is 0. The van der Waals surface area contributed by atoms with Crippen LogP contribution in [0.25, 0.3) is 0 Å². The fourth-order valence-corrected chi connectivity index (χ4v) is 2.64. The van der Waals surface area contributed by atoms with Gasteiger partial charge in [-0.3, -0.25) is 4.79 Å². The van der Waals surface area contributed by atoms with Crippen LogP contribution in [0.15, 0.2) is 40.8 Å². The summed E-state index contributed by atoms with van der Waals surface area (Å²) in [6, 6.07) is 10.6. The third kappa shape index (κ3) is 2.99. The second-order valence-electron chi connectivity index (χ2n) is 4.96. The lowest BCUT2D eigenvalue weighted by Crippen LogP contribution is -2.38. The van der Waals surface area contributed by atoms with E-state index in [1.54, 1.807) is 4.90 Å². The Bertz CT molecular complexity index is 710. The summed E-state index contributed by atoms with van der Waals surface area (Å²) >= 11 is 5.60. The Balaban J connectivity index is 1.65. The van der Waals surface area contributed by atoms with E-state index in [2.05, 4.69) is 0 Å². The molecule has 1 aromatic carbocycles. The minimum atomic E-state index is -0.703. The summed E-state index contributed by atoms with van der Waals surface area (Å²) < 4.78 is 9.93. The zero-order chi connectivity index (χ0) is 15.5. The van der Waals surface area contributed by atoms with E-state index in [1.807, 2.05) is 24.3 Å². The number of furan rings is 1. The van der Waals surface area contributed by atoms with Crippen molar-refractivity contribution >= 4 is 29.2 Å². The third-order valence-corrected chi connectivity index (χ3v) is 3.72. The molecule has 0 bridgehead atoms. The largest absolute Gasteiger partial charge is 0.450 e. The Morgan fingerprint density at radius 2 is 2.05 bits per heavy atom. The maximum absolute atomic E-state index is 12.3. The smallest absolute Gasteiger partial charge is 0.374 e. The monoisotopic (exact) mass is 319 g/mol. The molecule has 0 N–H and O–H groups in total. The molecule has 1 amide bonds. The molecule has 0 saturated heterocycles. The number of benzene rings is 1. The first kappa shape index (κ1) is 14.7. The number of carbonyl (C=O) groups is 2. The molecule has 1 aliphatic rings. The Morgan fingerprint density at radius 1 is 1.23 bits per heavy atom. The number of carbonyl (C=O) groups excluding carboxylic acids is 2. The van der Waals surface area contributed by atoms with Crippen LogP contribution in [-0.4, -0.2) is 25.0 Å². The first-order valence-corrected chi connectivity index (χ1v) is 7.33. The fourth-order valence-electron chi connectivity index (χ4n) is 2.49. The number of esters is 1. The van der Waals surface area contributed by atoms with Crippen LogP contribution in [0.4, 0.5) is 5.69 Å². The molecule has 5 nitrogen and oxygen atoms in total. The van der Waals surface area contributed by atoms with E-state index in [-0.39, 0.29) is 23.5 Å². The van der Waals surface area contributed by atoms with Gasteiger partial charge in [-0.25, -0.2) is 4.79 Å². The Kier molecular flexibility index (Phi) is 4.15. The van der Waals surface area contributed by atoms with Crippen LogP contribution in [0.5, 0.6) is 0 Å². The molecule has 0 unspecified atom stereocenters. The Labute approximate surface area is 132 Å². The first-order valence-electron chi connectivity index (χ1n) is 6.96. The van der Waals surface area contributed by atoms with Crippen LogP contribution in [0.3, 0.4) is 0 Å². The number of para-hydroxylation sites is 1. The highest BCUT2D eigenvalue weighted by Gasteiger charge is 2.23. The molecule has 114 valence electrons. The standard InChI is InChI=1S/C16H14ClNO4/c17-14-8-7-13(22-14)16(20)21-10-15(19)18-9-3-5-11-4-1-2-6-12(11)18/h1-2,4,6-8H,3,5,9-10H2. The highest BCUT2D eigenvalue weighted by molar-refractivity contribution is 6.29. The van der Waals surface area contributed by atoms with Crippen LogP contribution in [0.1, 0.15) is 22.5 Å². The second-order valence-corrected chi connectivity index (χ2v) is 5.33. The van der Waals surface area contributed by atoms with Gasteiger partial charge in [0.2, 0.25) is 5.76 Å². The summed E-state index contributed by atoms with van der Waals surface area (Å²) in [5, 5.41) is 0.100. The van der Waals surface area contributed by atoms with Gasteiger partial charge in [0, 0.05) is 12.2 Å². The quantitative estimate of drug-likeness (QED) is 0.816. The summed E-state index contributed by atoms with van der Waals surface area (Å²) in [4.78, 5) is 25.7. The van der Waals surface area contributed by atoms with Crippen molar-refractivity contribution in [2.45, 2.75) is 12.8 Å². The number of halogens is 1. The normalized spacial score (nSPS) is 13.6. The van der Waals surface area contributed by atoms with Gasteiger partial charge in [0.1, 0.15) is 0 Å². The number of ether oxygens (including phenoxy) is 1. The highest BCUT2D eigenvalue weighted by atomic mass is 35.5. The molecule has 22 heavy (non-hydrogen) atoms. The molecule has 0 radical (unpaired) electrons. The van der Waals surface area contributed by atoms with Crippen LogP contribution in [-0.2, 0) is 16.0 Å². The third-order valence-electron chi connectivity index (χ3n) is 3.51. The fraction of sp³-hybridized carbons (Fsp3) is 0.250. The second kappa shape index (κ2) is 6.23. The van der Waals surface area contributed by atoms with Crippen LogP contribution >= 0.6 is 11.6 Å². The molecule has 0 spiro atoms. The molecule has 0 fully saturated rings. The molecular formula is C16H14ClNO4. The van der Waals surface area contributed by atoms with E-state index in [0.717, 1.165) is 24.1 Å². The van der Waals surface area contributed by atoms with Gasteiger partial charge in [-0.1, -0.05) is 18.2 Å². The predicted octanol–water partition coefficient (Wildman–Crippen LogP) is 3.07. The zero-order valence-electron chi connectivity index (χ0n) is 11.8. The van der Waals surface area contributed by atoms with Crippen LogP contribution in [0.2, 0.25) is 5.22 Å². The lowest BCUT2D eigenvalue weighted by Gasteiger charge is -2.29. The highest BCUT2D eigenvalue weighted by Crippen LogP contribution is 2.26. The van der Waals surface area contributed by atoms with Crippen molar-refractivity contribution in [3.05, 3.63) is 52.9 Å². The molecule has 2 aromatic rings. The summed E-state index contributed by atoms with van der Waals surface area (Å²) in [6.07, 6.45) is 1.84. The molecule has 1 aliphatic heterocycles. The molecule has 3 rings (SSSR count). The number of hydrogen-bond acceptors (Lipinski definition) is 4. The predicted molar refractivity (Wildman–Crippen MR) is 81.1 cm³/mol. The van der Waals surface area contributed by atoms with Gasteiger partial charge < -0.3 is 14.1 Å². The maximum atomic E-state index is 12.3. The summed E-state index contributed by atoms with van der Waals surface area (Å²) in [5.41, 5.74) is 2.02. The number of amides is 1.